The van der Waals surface area contributed by atoms with Crippen molar-refractivity contribution >= 4 is 5.91 Å². The minimum Gasteiger partial charge on any atom is -0.375 e. The van der Waals surface area contributed by atoms with Crippen LogP contribution in [0.4, 0.5) is 0 Å². The van der Waals surface area contributed by atoms with Crippen LogP contribution < -0.4 is 0 Å². The first-order valence-electron chi connectivity index (χ1n) is 8.70. The molecule has 1 fully saturated rings. The van der Waals surface area contributed by atoms with E-state index in [2.05, 4.69) is 34.1 Å². The molecule has 0 bridgehead atoms. The lowest BCUT2D eigenvalue weighted by Crippen LogP contribution is -2.44. The molecule has 25 heavy (non-hydrogen) atoms. The van der Waals surface area contributed by atoms with Crippen LogP contribution in [-0.4, -0.2) is 58.1 Å². The number of amides is 1. The molecule has 0 radical (unpaired) electrons. The quantitative estimate of drug-likeness (QED) is 0.801. The molecule has 0 saturated carbocycles. The largest absolute Gasteiger partial charge is 0.375 e. The van der Waals surface area contributed by atoms with Gasteiger partial charge in [-0.1, -0.05) is 30.3 Å². The number of hydrogen-bond acceptors (Lipinski definition) is 4. The fraction of sp³-hybridized carbons (Fsp3) is 0.474. The van der Waals surface area contributed by atoms with Crippen LogP contribution >= 0.6 is 0 Å². The third kappa shape index (κ3) is 4.90. The highest BCUT2D eigenvalue weighted by atomic mass is 16.5. The van der Waals surface area contributed by atoms with Gasteiger partial charge in [-0.3, -0.25) is 9.69 Å². The van der Waals surface area contributed by atoms with Gasteiger partial charge in [0.1, 0.15) is 5.82 Å². The molecular weight excluding hydrogens is 316 g/mol. The third-order valence-electron chi connectivity index (χ3n) is 4.60. The normalized spacial score (nSPS) is 18.2. The lowest BCUT2D eigenvalue weighted by Gasteiger charge is -2.33. The van der Waals surface area contributed by atoms with Gasteiger partial charge in [-0.2, -0.15) is 0 Å². The van der Waals surface area contributed by atoms with E-state index < -0.39 is 0 Å². The van der Waals surface area contributed by atoms with E-state index in [-0.39, 0.29) is 12.0 Å². The van der Waals surface area contributed by atoms with Gasteiger partial charge in [0.15, 0.2) is 0 Å². The van der Waals surface area contributed by atoms with Crippen LogP contribution in [0.2, 0.25) is 0 Å². The van der Waals surface area contributed by atoms with E-state index in [4.69, 9.17) is 4.74 Å². The van der Waals surface area contributed by atoms with Gasteiger partial charge in [0.25, 0.3) is 0 Å². The van der Waals surface area contributed by atoms with Crippen LogP contribution in [0.15, 0.2) is 42.7 Å². The smallest absolute Gasteiger partial charge is 0.225 e. The molecule has 2 heterocycles. The number of benzene rings is 1. The Kier molecular flexibility index (Phi) is 5.83. The Morgan fingerprint density at radius 3 is 2.88 bits per heavy atom. The van der Waals surface area contributed by atoms with Crippen LogP contribution in [0.5, 0.6) is 0 Å². The van der Waals surface area contributed by atoms with Crippen molar-refractivity contribution in [2.24, 2.45) is 7.05 Å². The Morgan fingerprint density at radius 2 is 2.16 bits per heavy atom. The highest BCUT2D eigenvalue weighted by Gasteiger charge is 2.24. The Morgan fingerprint density at radius 1 is 1.36 bits per heavy atom. The van der Waals surface area contributed by atoms with E-state index in [0.717, 1.165) is 25.5 Å². The van der Waals surface area contributed by atoms with Gasteiger partial charge in [0, 0.05) is 46.1 Å². The first-order chi connectivity index (χ1) is 12.1. The number of imidazole rings is 1. The molecule has 1 aliphatic heterocycles. The molecule has 1 atom stereocenters. The molecule has 1 aliphatic rings. The van der Waals surface area contributed by atoms with Crippen molar-refractivity contribution in [3.8, 4) is 0 Å². The van der Waals surface area contributed by atoms with Crippen molar-refractivity contribution in [2.75, 3.05) is 26.7 Å². The summed E-state index contributed by atoms with van der Waals surface area (Å²) in [6, 6.07) is 10.4. The fourth-order valence-corrected chi connectivity index (χ4v) is 3.09. The van der Waals surface area contributed by atoms with Gasteiger partial charge in [0.2, 0.25) is 5.91 Å². The molecule has 1 unspecified atom stereocenters. The van der Waals surface area contributed by atoms with Crippen LogP contribution in [0.25, 0.3) is 0 Å². The summed E-state index contributed by atoms with van der Waals surface area (Å²) in [6.07, 6.45) is 4.00. The topological polar surface area (TPSA) is 50.6 Å². The van der Waals surface area contributed by atoms with Crippen LogP contribution in [0.1, 0.15) is 17.8 Å². The molecule has 1 amide bonds. The number of nitrogens with zero attached hydrogens (tertiary/aromatic N) is 4. The summed E-state index contributed by atoms with van der Waals surface area (Å²) in [4.78, 5) is 20.9. The first kappa shape index (κ1) is 17.6. The van der Waals surface area contributed by atoms with Crippen LogP contribution in [0.3, 0.4) is 0 Å². The summed E-state index contributed by atoms with van der Waals surface area (Å²) >= 11 is 0. The highest BCUT2D eigenvalue weighted by molar-refractivity contribution is 5.76. The van der Waals surface area contributed by atoms with Crippen LogP contribution in [-0.2, 0) is 29.7 Å². The standard InChI is InChI=1S/C19H26N4O2/c1-21-9-8-20-18(21)15-22(2)19(24)12-17-14-23(10-11-25-17)13-16-6-4-3-5-7-16/h3-9,17H,10-15H2,1-2H3. The van der Waals surface area contributed by atoms with Crippen molar-refractivity contribution in [3.05, 3.63) is 54.1 Å². The number of rotatable bonds is 6. The SMILES string of the molecule is CN(Cc1nccn1C)C(=O)CC1CN(Cc2ccccc2)CCO1. The summed E-state index contributed by atoms with van der Waals surface area (Å²) in [7, 11) is 3.76. The molecule has 3 rings (SSSR count). The minimum absolute atomic E-state index is 0.0474. The molecule has 0 aliphatic carbocycles. The summed E-state index contributed by atoms with van der Waals surface area (Å²) in [5.74, 6) is 0.973. The van der Waals surface area contributed by atoms with Gasteiger partial charge in [-0.05, 0) is 5.56 Å². The van der Waals surface area contributed by atoms with Gasteiger partial charge < -0.3 is 14.2 Å². The number of aromatic nitrogens is 2. The minimum atomic E-state index is -0.0474. The van der Waals surface area contributed by atoms with E-state index in [0.29, 0.717) is 19.6 Å². The number of ether oxygens (including phenoxy) is 1. The predicted molar refractivity (Wildman–Crippen MR) is 95.8 cm³/mol. The maximum atomic E-state index is 12.5. The lowest BCUT2D eigenvalue weighted by molar-refractivity contribution is -0.135. The zero-order valence-corrected chi connectivity index (χ0v) is 15.0. The average Bonchev–Trinajstić information content (AvgIpc) is 3.01. The number of morpholine rings is 1. The number of carbonyl (C=O) groups excluding carboxylic acids is 1. The molecule has 1 saturated heterocycles. The van der Waals surface area contributed by atoms with Crippen molar-refractivity contribution in [3.63, 3.8) is 0 Å². The summed E-state index contributed by atoms with van der Waals surface area (Å²) < 4.78 is 7.75. The number of carbonyl (C=O) groups is 1. The first-order valence-corrected chi connectivity index (χ1v) is 8.70. The summed E-state index contributed by atoms with van der Waals surface area (Å²) in [6.45, 7) is 3.79. The van der Waals surface area contributed by atoms with Crippen molar-refractivity contribution < 1.29 is 9.53 Å². The monoisotopic (exact) mass is 342 g/mol. The van der Waals surface area contributed by atoms with Gasteiger partial charge in [-0.15, -0.1) is 0 Å². The molecule has 6 heteroatoms. The second-order valence-electron chi connectivity index (χ2n) is 6.62. The van der Waals surface area contributed by atoms with E-state index in [1.165, 1.54) is 5.56 Å². The second-order valence-corrected chi connectivity index (χ2v) is 6.62. The molecule has 134 valence electrons. The fourth-order valence-electron chi connectivity index (χ4n) is 3.09. The maximum Gasteiger partial charge on any atom is 0.225 e. The molecule has 0 N–H and O–H groups in total. The maximum absolute atomic E-state index is 12.5. The Hall–Kier alpha value is -2.18. The number of aryl methyl sites for hydroxylation is 1. The van der Waals surface area contributed by atoms with Gasteiger partial charge >= 0.3 is 0 Å². The van der Waals surface area contributed by atoms with E-state index >= 15 is 0 Å². The molecule has 2 aromatic rings. The molecule has 1 aromatic heterocycles. The second kappa shape index (κ2) is 8.27. The average molecular weight is 342 g/mol. The van der Waals surface area contributed by atoms with Gasteiger partial charge in [-0.25, -0.2) is 4.98 Å². The van der Waals surface area contributed by atoms with Crippen LogP contribution in [0, 0.1) is 0 Å². The molecule has 1 aromatic carbocycles. The third-order valence-corrected chi connectivity index (χ3v) is 4.60. The molecule has 6 nitrogen and oxygen atoms in total. The molecule has 0 spiro atoms. The Balaban J connectivity index is 1.50. The number of hydrogen-bond donors (Lipinski definition) is 0. The summed E-state index contributed by atoms with van der Waals surface area (Å²) in [5.41, 5.74) is 1.29. The Labute approximate surface area is 149 Å². The predicted octanol–water partition coefficient (Wildman–Crippen LogP) is 1.67. The van der Waals surface area contributed by atoms with Gasteiger partial charge in [0.05, 0.1) is 25.7 Å². The van der Waals surface area contributed by atoms with Crippen molar-refractivity contribution in [1.82, 2.24) is 19.4 Å². The molecular formula is C19H26N4O2. The van der Waals surface area contributed by atoms with Crippen molar-refractivity contribution in [2.45, 2.75) is 25.6 Å². The van der Waals surface area contributed by atoms with E-state index in [1.807, 2.05) is 30.9 Å². The van der Waals surface area contributed by atoms with E-state index in [9.17, 15) is 4.79 Å². The highest BCUT2D eigenvalue weighted by Crippen LogP contribution is 2.14. The van der Waals surface area contributed by atoms with E-state index in [1.54, 1.807) is 11.1 Å². The lowest BCUT2D eigenvalue weighted by atomic mass is 10.1. The summed E-state index contributed by atoms with van der Waals surface area (Å²) in [5, 5.41) is 0. The van der Waals surface area contributed by atoms with Crippen molar-refractivity contribution in [1.29, 1.82) is 0 Å². The zero-order chi connectivity index (χ0) is 17.6. The zero-order valence-electron chi connectivity index (χ0n) is 15.0. The Bertz CT molecular complexity index is 686.